The molecule has 4 atom stereocenters. The lowest BCUT2D eigenvalue weighted by atomic mass is 9.95. The number of rotatable bonds is 0. The molecule has 2 fully saturated rings. The van der Waals surface area contributed by atoms with Crippen LogP contribution in [0.15, 0.2) is 0 Å². The van der Waals surface area contributed by atoms with E-state index in [4.69, 9.17) is 4.74 Å². The summed E-state index contributed by atoms with van der Waals surface area (Å²) in [7, 11) is 0. The minimum atomic E-state index is 0. The molecule has 0 spiro atoms. The summed E-state index contributed by atoms with van der Waals surface area (Å²) < 4.78 is 5.14. The fraction of sp³-hybridized carbons (Fsp3) is 0.900. The van der Waals surface area contributed by atoms with Gasteiger partial charge in [-0.15, -0.1) is 0 Å². The van der Waals surface area contributed by atoms with E-state index >= 15 is 0 Å². The Hall–Kier alpha value is -0.530. The standard InChI is InChI=1S/C9H14O2.CH4/c1-5-3-7-6(2)11-9(10)8(7)4-5;/h5-8H,3-4H2,1-2H3;1H4. The largest absolute Gasteiger partial charge is 0.462 e. The molecule has 0 aromatic heterocycles. The molecule has 1 saturated heterocycles. The molecule has 2 aliphatic rings. The van der Waals surface area contributed by atoms with Crippen LogP contribution in [-0.4, -0.2) is 12.1 Å². The minimum absolute atomic E-state index is 0. The average Bonchev–Trinajstić information content (AvgIpc) is 2.38. The maximum absolute atomic E-state index is 11.2. The van der Waals surface area contributed by atoms with Crippen LogP contribution in [0.2, 0.25) is 0 Å². The van der Waals surface area contributed by atoms with Gasteiger partial charge in [-0.3, -0.25) is 4.79 Å². The minimum Gasteiger partial charge on any atom is -0.462 e. The molecule has 12 heavy (non-hydrogen) atoms. The number of carbonyl (C=O) groups is 1. The van der Waals surface area contributed by atoms with Crippen molar-refractivity contribution in [1.82, 2.24) is 0 Å². The molecular weight excluding hydrogens is 152 g/mol. The van der Waals surface area contributed by atoms with E-state index in [1.54, 1.807) is 0 Å². The molecule has 0 aromatic rings. The number of cyclic esters (lactones) is 1. The number of carbonyl (C=O) groups excluding carboxylic acids is 1. The topological polar surface area (TPSA) is 26.3 Å². The molecular formula is C10H18O2. The van der Waals surface area contributed by atoms with E-state index in [1.165, 1.54) is 6.42 Å². The van der Waals surface area contributed by atoms with Crippen LogP contribution in [0, 0.1) is 17.8 Å². The molecule has 1 heterocycles. The molecule has 0 aromatic carbocycles. The lowest BCUT2D eigenvalue weighted by Crippen LogP contribution is -2.11. The summed E-state index contributed by atoms with van der Waals surface area (Å²) in [6.45, 7) is 4.24. The van der Waals surface area contributed by atoms with Crippen molar-refractivity contribution in [1.29, 1.82) is 0 Å². The molecule has 4 unspecified atom stereocenters. The highest BCUT2D eigenvalue weighted by atomic mass is 16.6. The van der Waals surface area contributed by atoms with Gasteiger partial charge in [0.2, 0.25) is 0 Å². The van der Waals surface area contributed by atoms with Gasteiger partial charge in [0.15, 0.2) is 0 Å². The highest BCUT2D eigenvalue weighted by Crippen LogP contribution is 2.44. The van der Waals surface area contributed by atoms with Crippen LogP contribution in [0.4, 0.5) is 0 Å². The first kappa shape index (κ1) is 9.56. The van der Waals surface area contributed by atoms with Gasteiger partial charge in [-0.1, -0.05) is 14.4 Å². The van der Waals surface area contributed by atoms with E-state index in [0.29, 0.717) is 5.92 Å². The van der Waals surface area contributed by atoms with Gasteiger partial charge in [-0.2, -0.15) is 0 Å². The van der Waals surface area contributed by atoms with Crippen molar-refractivity contribution in [3.63, 3.8) is 0 Å². The van der Waals surface area contributed by atoms with Gasteiger partial charge in [0, 0.05) is 5.92 Å². The zero-order valence-electron chi connectivity index (χ0n) is 7.04. The summed E-state index contributed by atoms with van der Waals surface area (Å²) in [6, 6.07) is 0. The van der Waals surface area contributed by atoms with Gasteiger partial charge >= 0.3 is 5.97 Å². The highest BCUT2D eigenvalue weighted by Gasteiger charge is 2.47. The van der Waals surface area contributed by atoms with Gasteiger partial charge in [0.25, 0.3) is 0 Å². The Morgan fingerprint density at radius 3 is 2.58 bits per heavy atom. The van der Waals surface area contributed by atoms with Crippen LogP contribution in [0.25, 0.3) is 0 Å². The van der Waals surface area contributed by atoms with E-state index in [-0.39, 0.29) is 25.4 Å². The summed E-state index contributed by atoms with van der Waals surface area (Å²) in [5, 5.41) is 0. The van der Waals surface area contributed by atoms with Gasteiger partial charge in [-0.05, 0) is 25.7 Å². The third-order valence-electron chi connectivity index (χ3n) is 3.06. The monoisotopic (exact) mass is 170 g/mol. The van der Waals surface area contributed by atoms with Crippen LogP contribution < -0.4 is 0 Å². The van der Waals surface area contributed by atoms with Crippen molar-refractivity contribution >= 4 is 5.97 Å². The van der Waals surface area contributed by atoms with Gasteiger partial charge in [0.05, 0.1) is 5.92 Å². The Balaban J connectivity index is 0.000000720. The van der Waals surface area contributed by atoms with Crippen molar-refractivity contribution in [3.05, 3.63) is 0 Å². The Morgan fingerprint density at radius 1 is 1.33 bits per heavy atom. The van der Waals surface area contributed by atoms with E-state index < -0.39 is 0 Å². The third-order valence-corrected chi connectivity index (χ3v) is 3.06. The summed E-state index contributed by atoms with van der Waals surface area (Å²) >= 11 is 0. The quantitative estimate of drug-likeness (QED) is 0.521. The molecule has 1 aliphatic heterocycles. The maximum atomic E-state index is 11.2. The fourth-order valence-corrected chi connectivity index (χ4v) is 2.48. The van der Waals surface area contributed by atoms with Crippen molar-refractivity contribution in [2.45, 2.75) is 40.2 Å². The maximum Gasteiger partial charge on any atom is 0.309 e. The first-order chi connectivity index (χ1) is 5.18. The fourth-order valence-electron chi connectivity index (χ4n) is 2.48. The molecule has 1 aliphatic carbocycles. The normalized spacial score (nSPS) is 45.0. The molecule has 0 N–H and O–H groups in total. The lowest BCUT2D eigenvalue weighted by molar-refractivity contribution is -0.144. The molecule has 2 nitrogen and oxygen atoms in total. The average molecular weight is 170 g/mol. The van der Waals surface area contributed by atoms with Crippen LogP contribution in [0.3, 0.4) is 0 Å². The number of hydrogen-bond donors (Lipinski definition) is 0. The Labute approximate surface area is 74.3 Å². The van der Waals surface area contributed by atoms with Crippen molar-refractivity contribution in [2.24, 2.45) is 17.8 Å². The number of esters is 1. The SMILES string of the molecule is C.CC1CC2C(=O)OC(C)C2C1. The van der Waals surface area contributed by atoms with Crippen LogP contribution in [0.1, 0.15) is 34.1 Å². The third kappa shape index (κ3) is 1.23. The molecule has 0 bridgehead atoms. The molecule has 0 radical (unpaired) electrons. The summed E-state index contributed by atoms with van der Waals surface area (Å²) in [4.78, 5) is 11.2. The van der Waals surface area contributed by atoms with Crippen LogP contribution in [0.5, 0.6) is 0 Å². The molecule has 0 amide bonds. The van der Waals surface area contributed by atoms with Crippen LogP contribution in [-0.2, 0) is 9.53 Å². The van der Waals surface area contributed by atoms with E-state index in [1.807, 2.05) is 6.92 Å². The highest BCUT2D eigenvalue weighted by molar-refractivity contribution is 5.75. The summed E-state index contributed by atoms with van der Waals surface area (Å²) in [5.74, 6) is 1.53. The Bertz CT molecular complexity index is 188. The van der Waals surface area contributed by atoms with Crippen LogP contribution >= 0.6 is 0 Å². The van der Waals surface area contributed by atoms with E-state index in [0.717, 1.165) is 12.3 Å². The molecule has 70 valence electrons. The zero-order chi connectivity index (χ0) is 8.01. The second-order valence-corrected chi connectivity index (χ2v) is 3.99. The molecule has 1 saturated carbocycles. The van der Waals surface area contributed by atoms with Crippen molar-refractivity contribution in [2.75, 3.05) is 0 Å². The predicted molar refractivity (Wildman–Crippen MR) is 47.7 cm³/mol. The lowest BCUT2D eigenvalue weighted by Gasteiger charge is -2.09. The molecule has 2 rings (SSSR count). The Morgan fingerprint density at radius 2 is 2.00 bits per heavy atom. The summed E-state index contributed by atoms with van der Waals surface area (Å²) in [5.41, 5.74) is 0. The van der Waals surface area contributed by atoms with Crippen molar-refractivity contribution < 1.29 is 9.53 Å². The smallest absolute Gasteiger partial charge is 0.309 e. The van der Waals surface area contributed by atoms with Gasteiger partial charge in [-0.25, -0.2) is 0 Å². The van der Waals surface area contributed by atoms with Crippen molar-refractivity contribution in [3.8, 4) is 0 Å². The molecule has 2 heteroatoms. The predicted octanol–water partition coefficient (Wildman–Crippen LogP) is 2.23. The number of hydrogen-bond acceptors (Lipinski definition) is 2. The van der Waals surface area contributed by atoms with E-state index in [2.05, 4.69) is 6.92 Å². The zero-order valence-corrected chi connectivity index (χ0v) is 7.04. The Kier molecular flexibility index (Phi) is 2.45. The number of ether oxygens (including phenoxy) is 1. The van der Waals surface area contributed by atoms with E-state index in [9.17, 15) is 4.79 Å². The first-order valence-corrected chi connectivity index (χ1v) is 4.39. The first-order valence-electron chi connectivity index (χ1n) is 4.39. The second kappa shape index (κ2) is 3.08. The number of fused-ring (bicyclic) bond motifs is 1. The second-order valence-electron chi connectivity index (χ2n) is 3.99. The van der Waals surface area contributed by atoms with Gasteiger partial charge in [0.1, 0.15) is 6.10 Å². The van der Waals surface area contributed by atoms with Gasteiger partial charge < -0.3 is 4.74 Å². The summed E-state index contributed by atoms with van der Waals surface area (Å²) in [6.07, 6.45) is 2.41.